The summed E-state index contributed by atoms with van der Waals surface area (Å²) in [5.41, 5.74) is 10.8. The van der Waals surface area contributed by atoms with Crippen molar-refractivity contribution < 1.29 is 4.79 Å². The minimum atomic E-state index is -0.622. The van der Waals surface area contributed by atoms with Crippen molar-refractivity contribution in [3.05, 3.63) is 5.82 Å². The van der Waals surface area contributed by atoms with Gasteiger partial charge in [-0.05, 0) is 25.7 Å². The van der Waals surface area contributed by atoms with Crippen molar-refractivity contribution in [2.45, 2.75) is 48.8 Å². The van der Waals surface area contributed by atoms with E-state index in [9.17, 15) is 4.79 Å². The van der Waals surface area contributed by atoms with Gasteiger partial charge in [0.05, 0.1) is 6.04 Å². The molecule has 18 heavy (non-hydrogen) atoms. The number of thioether (sulfide) groups is 1. The second-order valence-corrected chi connectivity index (χ2v) is 6.02. The predicted molar refractivity (Wildman–Crippen MR) is 68.2 cm³/mol. The number of nitrogens with zero attached hydrogens (tertiary/aromatic N) is 3. The first-order valence-corrected chi connectivity index (χ1v) is 7.28. The molecule has 2 aliphatic carbocycles. The lowest BCUT2D eigenvalue weighted by Gasteiger charge is -2.09. The maximum Gasteiger partial charge on any atom is 0.235 e. The molecule has 6 nitrogen and oxygen atoms in total. The monoisotopic (exact) mass is 267 g/mol. The predicted octanol–water partition coefficient (Wildman–Crippen LogP) is 0.395. The highest BCUT2D eigenvalue weighted by Crippen LogP contribution is 2.45. The molecule has 2 saturated carbocycles. The van der Waals surface area contributed by atoms with Gasteiger partial charge in [-0.25, -0.2) is 0 Å². The van der Waals surface area contributed by atoms with E-state index >= 15 is 0 Å². The lowest BCUT2D eigenvalue weighted by Crippen LogP contribution is -2.38. The van der Waals surface area contributed by atoms with Gasteiger partial charge in [0.15, 0.2) is 5.16 Å². The van der Waals surface area contributed by atoms with E-state index in [1.54, 1.807) is 0 Å². The summed E-state index contributed by atoms with van der Waals surface area (Å²) in [5, 5.41) is 9.42. The Hall–Kier alpha value is -1.08. The summed E-state index contributed by atoms with van der Waals surface area (Å²) < 4.78 is 2.25. The van der Waals surface area contributed by atoms with Crippen LogP contribution in [-0.2, 0) is 4.79 Å². The number of hydrogen-bond acceptors (Lipinski definition) is 5. The third-order valence-corrected chi connectivity index (χ3v) is 4.37. The van der Waals surface area contributed by atoms with E-state index in [-0.39, 0.29) is 0 Å². The molecule has 0 aromatic carbocycles. The Morgan fingerprint density at radius 3 is 2.67 bits per heavy atom. The summed E-state index contributed by atoms with van der Waals surface area (Å²) in [6.45, 7) is 0. The molecule has 4 N–H and O–H groups in total. The zero-order valence-electron chi connectivity index (χ0n) is 10.1. The Bertz CT molecular complexity index is 466. The normalized spacial score (nSPS) is 20.9. The molecule has 2 aliphatic rings. The molecule has 98 valence electrons. The van der Waals surface area contributed by atoms with Crippen LogP contribution in [-0.4, -0.2) is 32.5 Å². The van der Waals surface area contributed by atoms with E-state index in [4.69, 9.17) is 11.5 Å². The number of hydrogen-bond donors (Lipinski definition) is 2. The van der Waals surface area contributed by atoms with Gasteiger partial charge >= 0.3 is 0 Å². The molecule has 0 spiro atoms. The number of amides is 1. The molecule has 0 bridgehead atoms. The lowest BCUT2D eigenvalue weighted by atomic mass is 10.3. The zero-order valence-corrected chi connectivity index (χ0v) is 10.9. The molecular formula is C11H17N5OS. The molecule has 0 aliphatic heterocycles. The highest BCUT2D eigenvalue weighted by molar-refractivity contribution is 7.99. The van der Waals surface area contributed by atoms with Gasteiger partial charge in [-0.2, -0.15) is 0 Å². The molecular weight excluding hydrogens is 250 g/mol. The van der Waals surface area contributed by atoms with E-state index in [0.29, 0.717) is 17.7 Å². The van der Waals surface area contributed by atoms with Crippen LogP contribution in [0.15, 0.2) is 5.16 Å². The third-order valence-electron chi connectivity index (χ3n) is 3.30. The Morgan fingerprint density at radius 2 is 2.11 bits per heavy atom. The molecule has 1 aromatic heterocycles. The quantitative estimate of drug-likeness (QED) is 0.726. The highest BCUT2D eigenvalue weighted by Gasteiger charge is 2.36. The number of primary amides is 1. The number of nitrogens with two attached hydrogens (primary N) is 2. The van der Waals surface area contributed by atoms with Crippen LogP contribution in [0.4, 0.5) is 0 Å². The van der Waals surface area contributed by atoms with Crippen LogP contribution in [0.1, 0.15) is 43.5 Å². The van der Waals surface area contributed by atoms with Gasteiger partial charge in [0.25, 0.3) is 0 Å². The summed E-state index contributed by atoms with van der Waals surface area (Å²) in [5.74, 6) is 1.71. The second kappa shape index (κ2) is 4.55. The standard InChI is InChI=1S/C11H17N5OS/c12-8(9(13)17)5-18-11-15-14-10(6-1-2-6)16(11)7-3-4-7/h6-8H,1-5,12H2,(H2,13,17). The van der Waals surface area contributed by atoms with Gasteiger partial charge in [0.1, 0.15) is 5.82 Å². The number of carbonyl (C=O) groups excluding carboxylic acids is 1. The van der Waals surface area contributed by atoms with Gasteiger partial charge in [-0.1, -0.05) is 11.8 Å². The smallest absolute Gasteiger partial charge is 0.235 e. The van der Waals surface area contributed by atoms with Crippen LogP contribution in [0.25, 0.3) is 0 Å². The van der Waals surface area contributed by atoms with Gasteiger partial charge in [-0.15, -0.1) is 10.2 Å². The van der Waals surface area contributed by atoms with Crippen LogP contribution < -0.4 is 11.5 Å². The summed E-state index contributed by atoms with van der Waals surface area (Å²) in [6, 6.07) is -0.0633. The number of rotatable bonds is 6. The summed E-state index contributed by atoms with van der Waals surface area (Å²) >= 11 is 1.48. The van der Waals surface area contributed by atoms with E-state index in [0.717, 1.165) is 11.0 Å². The molecule has 3 rings (SSSR count). The molecule has 7 heteroatoms. The Kier molecular flexibility index (Phi) is 3.03. The van der Waals surface area contributed by atoms with Crippen LogP contribution in [0, 0.1) is 0 Å². The first-order chi connectivity index (χ1) is 8.66. The summed E-state index contributed by atoms with van der Waals surface area (Å²) in [7, 11) is 0. The van der Waals surface area contributed by atoms with E-state index in [2.05, 4.69) is 14.8 Å². The largest absolute Gasteiger partial charge is 0.368 e. The summed E-state index contributed by atoms with van der Waals surface area (Å²) in [6.07, 6.45) is 4.84. The van der Waals surface area contributed by atoms with E-state index in [1.165, 1.54) is 37.4 Å². The van der Waals surface area contributed by atoms with Crippen molar-refractivity contribution in [3.63, 3.8) is 0 Å². The van der Waals surface area contributed by atoms with E-state index < -0.39 is 11.9 Å². The molecule has 0 radical (unpaired) electrons. The minimum absolute atomic E-state index is 0.463. The molecule has 1 unspecified atom stereocenters. The van der Waals surface area contributed by atoms with Crippen molar-refractivity contribution in [3.8, 4) is 0 Å². The van der Waals surface area contributed by atoms with Gasteiger partial charge < -0.3 is 16.0 Å². The third kappa shape index (κ3) is 2.37. The maximum absolute atomic E-state index is 10.9. The maximum atomic E-state index is 10.9. The Labute approximate surface area is 109 Å². The Morgan fingerprint density at radius 1 is 1.39 bits per heavy atom. The lowest BCUT2D eigenvalue weighted by molar-refractivity contribution is -0.118. The van der Waals surface area contributed by atoms with Crippen molar-refractivity contribution >= 4 is 17.7 Å². The van der Waals surface area contributed by atoms with Crippen molar-refractivity contribution in [1.82, 2.24) is 14.8 Å². The SMILES string of the molecule is NC(=O)C(N)CSc1nnc(C2CC2)n1C1CC1. The number of carbonyl (C=O) groups is 1. The zero-order chi connectivity index (χ0) is 12.7. The van der Waals surface area contributed by atoms with Crippen LogP contribution >= 0.6 is 11.8 Å². The second-order valence-electron chi connectivity index (χ2n) is 5.04. The van der Waals surface area contributed by atoms with Crippen LogP contribution in [0.3, 0.4) is 0 Å². The van der Waals surface area contributed by atoms with Crippen LogP contribution in [0.2, 0.25) is 0 Å². The molecule has 1 aromatic rings. The first kappa shape index (κ1) is 12.0. The molecule has 1 heterocycles. The first-order valence-electron chi connectivity index (χ1n) is 6.29. The number of aromatic nitrogens is 3. The van der Waals surface area contributed by atoms with Gasteiger partial charge in [0, 0.05) is 17.7 Å². The molecule has 0 saturated heterocycles. The average molecular weight is 267 g/mol. The molecule has 1 amide bonds. The highest BCUT2D eigenvalue weighted by atomic mass is 32.2. The fourth-order valence-electron chi connectivity index (χ4n) is 1.93. The summed E-state index contributed by atoms with van der Waals surface area (Å²) in [4.78, 5) is 10.9. The van der Waals surface area contributed by atoms with Gasteiger partial charge in [-0.3, -0.25) is 4.79 Å². The fraction of sp³-hybridized carbons (Fsp3) is 0.727. The Balaban J connectivity index is 1.73. The van der Waals surface area contributed by atoms with Crippen molar-refractivity contribution in [1.29, 1.82) is 0 Å². The van der Waals surface area contributed by atoms with E-state index in [1.807, 2.05) is 0 Å². The minimum Gasteiger partial charge on any atom is -0.368 e. The van der Waals surface area contributed by atoms with Crippen molar-refractivity contribution in [2.75, 3.05) is 5.75 Å². The average Bonchev–Trinajstić information content (AvgIpc) is 3.24. The topological polar surface area (TPSA) is 99.8 Å². The van der Waals surface area contributed by atoms with Crippen molar-refractivity contribution in [2.24, 2.45) is 11.5 Å². The molecule has 2 fully saturated rings. The van der Waals surface area contributed by atoms with Gasteiger partial charge in [0.2, 0.25) is 5.91 Å². The van der Waals surface area contributed by atoms with Crippen LogP contribution in [0.5, 0.6) is 0 Å². The fourth-order valence-corrected chi connectivity index (χ4v) is 2.90. The molecule has 1 atom stereocenters.